The SMILES string of the molecule is O=C(CNc1ccccc1F)NC(=O)NCc1ccccc1. The van der Waals surface area contributed by atoms with E-state index in [1.54, 1.807) is 12.1 Å². The van der Waals surface area contributed by atoms with Gasteiger partial charge in [-0.3, -0.25) is 10.1 Å². The van der Waals surface area contributed by atoms with Crippen molar-refractivity contribution in [2.45, 2.75) is 6.54 Å². The van der Waals surface area contributed by atoms with E-state index in [1.165, 1.54) is 12.1 Å². The molecule has 2 aromatic rings. The van der Waals surface area contributed by atoms with Crippen LogP contribution in [-0.2, 0) is 11.3 Å². The topological polar surface area (TPSA) is 70.2 Å². The van der Waals surface area contributed by atoms with Crippen LogP contribution in [0.4, 0.5) is 14.9 Å². The lowest BCUT2D eigenvalue weighted by atomic mass is 10.2. The van der Waals surface area contributed by atoms with Crippen LogP contribution < -0.4 is 16.0 Å². The maximum absolute atomic E-state index is 13.3. The number of amides is 3. The predicted molar refractivity (Wildman–Crippen MR) is 81.7 cm³/mol. The molecule has 22 heavy (non-hydrogen) atoms. The van der Waals surface area contributed by atoms with Crippen LogP contribution in [0.3, 0.4) is 0 Å². The summed E-state index contributed by atoms with van der Waals surface area (Å²) in [5.74, 6) is -1.00. The molecule has 0 aliphatic rings. The maximum Gasteiger partial charge on any atom is 0.321 e. The summed E-state index contributed by atoms with van der Waals surface area (Å²) in [6.45, 7) is 0.125. The molecule has 3 amide bonds. The van der Waals surface area contributed by atoms with Gasteiger partial charge in [-0.15, -0.1) is 0 Å². The number of hydrogen-bond acceptors (Lipinski definition) is 3. The molecule has 3 N–H and O–H groups in total. The van der Waals surface area contributed by atoms with Gasteiger partial charge < -0.3 is 10.6 Å². The van der Waals surface area contributed by atoms with Crippen molar-refractivity contribution in [2.75, 3.05) is 11.9 Å². The number of carbonyl (C=O) groups excluding carboxylic acids is 2. The number of halogens is 1. The highest BCUT2D eigenvalue weighted by Crippen LogP contribution is 2.11. The molecule has 0 unspecified atom stereocenters. The Hall–Kier alpha value is -2.89. The monoisotopic (exact) mass is 301 g/mol. The molecule has 0 spiro atoms. The van der Waals surface area contributed by atoms with Crippen LogP contribution in [0.2, 0.25) is 0 Å². The van der Waals surface area contributed by atoms with Crippen molar-refractivity contribution in [2.24, 2.45) is 0 Å². The first-order chi connectivity index (χ1) is 10.6. The van der Waals surface area contributed by atoms with Crippen molar-refractivity contribution in [3.05, 3.63) is 66.0 Å². The Morgan fingerprint density at radius 1 is 0.955 bits per heavy atom. The standard InChI is InChI=1S/C16H16FN3O2/c17-13-8-4-5-9-14(13)18-11-15(21)20-16(22)19-10-12-6-2-1-3-7-12/h1-9,18H,10-11H2,(H2,19,20,21,22). The van der Waals surface area contributed by atoms with E-state index < -0.39 is 17.8 Å². The molecule has 0 bridgehead atoms. The first-order valence-corrected chi connectivity index (χ1v) is 6.75. The summed E-state index contributed by atoms with van der Waals surface area (Å²) in [5.41, 5.74) is 1.14. The fraction of sp³-hybridized carbons (Fsp3) is 0.125. The third-order valence-corrected chi connectivity index (χ3v) is 2.86. The van der Waals surface area contributed by atoms with Crippen LogP contribution in [0.15, 0.2) is 54.6 Å². The molecule has 0 aliphatic carbocycles. The second-order valence-electron chi connectivity index (χ2n) is 4.55. The third kappa shape index (κ3) is 4.90. The number of imide groups is 1. The number of benzene rings is 2. The first kappa shape index (κ1) is 15.5. The van der Waals surface area contributed by atoms with Crippen LogP contribution in [0.1, 0.15) is 5.56 Å². The summed E-state index contributed by atoms with van der Waals surface area (Å²) in [4.78, 5) is 23.2. The molecule has 0 aromatic heterocycles. The molecular weight excluding hydrogens is 285 g/mol. The van der Waals surface area contributed by atoms with Gasteiger partial charge in [-0.05, 0) is 17.7 Å². The van der Waals surface area contributed by atoms with Crippen molar-refractivity contribution >= 4 is 17.6 Å². The summed E-state index contributed by atoms with van der Waals surface area (Å²) in [5, 5.41) is 7.36. The van der Waals surface area contributed by atoms with Gasteiger partial charge in [0.1, 0.15) is 5.82 Å². The van der Waals surface area contributed by atoms with Gasteiger partial charge in [0.25, 0.3) is 0 Å². The number of carbonyl (C=O) groups is 2. The third-order valence-electron chi connectivity index (χ3n) is 2.86. The van der Waals surface area contributed by atoms with Gasteiger partial charge in [0.15, 0.2) is 0 Å². The largest absolute Gasteiger partial charge is 0.374 e. The van der Waals surface area contributed by atoms with Crippen molar-refractivity contribution < 1.29 is 14.0 Å². The zero-order valence-corrected chi connectivity index (χ0v) is 11.8. The van der Waals surface area contributed by atoms with E-state index in [9.17, 15) is 14.0 Å². The Labute approximate surface area is 127 Å². The maximum atomic E-state index is 13.3. The highest BCUT2D eigenvalue weighted by atomic mass is 19.1. The molecule has 2 rings (SSSR count). The number of urea groups is 1. The van der Waals surface area contributed by atoms with Gasteiger partial charge in [0, 0.05) is 6.54 Å². The lowest BCUT2D eigenvalue weighted by molar-refractivity contribution is -0.118. The van der Waals surface area contributed by atoms with E-state index in [0.29, 0.717) is 6.54 Å². The minimum Gasteiger partial charge on any atom is -0.374 e. The van der Waals surface area contributed by atoms with Crippen LogP contribution in [0.5, 0.6) is 0 Å². The second kappa shape index (κ2) is 7.78. The van der Waals surface area contributed by atoms with Crippen molar-refractivity contribution in [3.8, 4) is 0 Å². The Balaban J connectivity index is 1.72. The van der Waals surface area contributed by atoms with E-state index in [2.05, 4.69) is 16.0 Å². The highest BCUT2D eigenvalue weighted by molar-refractivity contribution is 5.96. The van der Waals surface area contributed by atoms with Gasteiger partial charge in [-0.1, -0.05) is 42.5 Å². The second-order valence-corrected chi connectivity index (χ2v) is 4.55. The average Bonchev–Trinajstić information content (AvgIpc) is 2.53. The Morgan fingerprint density at radius 2 is 1.64 bits per heavy atom. The highest BCUT2D eigenvalue weighted by Gasteiger charge is 2.08. The van der Waals surface area contributed by atoms with E-state index in [0.717, 1.165) is 5.56 Å². The minimum absolute atomic E-state index is 0.195. The number of anilines is 1. The van der Waals surface area contributed by atoms with Crippen molar-refractivity contribution in [1.82, 2.24) is 10.6 Å². The van der Waals surface area contributed by atoms with Gasteiger partial charge in [0.05, 0.1) is 12.2 Å². The van der Waals surface area contributed by atoms with Gasteiger partial charge >= 0.3 is 6.03 Å². The fourth-order valence-electron chi connectivity index (χ4n) is 1.77. The quantitative estimate of drug-likeness (QED) is 0.793. The van der Waals surface area contributed by atoms with Gasteiger partial charge in [-0.25, -0.2) is 9.18 Å². The summed E-state index contributed by atoms with van der Waals surface area (Å²) >= 11 is 0. The van der Waals surface area contributed by atoms with Crippen molar-refractivity contribution in [1.29, 1.82) is 0 Å². The van der Waals surface area contributed by atoms with Gasteiger partial charge in [-0.2, -0.15) is 0 Å². The van der Waals surface area contributed by atoms with Crippen LogP contribution in [-0.4, -0.2) is 18.5 Å². The molecule has 114 valence electrons. The zero-order chi connectivity index (χ0) is 15.8. The Bertz CT molecular complexity index is 647. The molecule has 0 atom stereocenters. The van der Waals surface area contributed by atoms with E-state index in [4.69, 9.17) is 0 Å². The van der Waals surface area contributed by atoms with E-state index >= 15 is 0 Å². The van der Waals surface area contributed by atoms with Crippen LogP contribution >= 0.6 is 0 Å². The molecule has 2 aromatic carbocycles. The summed E-state index contributed by atoms with van der Waals surface area (Å²) in [6.07, 6.45) is 0. The first-order valence-electron chi connectivity index (χ1n) is 6.75. The zero-order valence-electron chi connectivity index (χ0n) is 11.8. The fourth-order valence-corrected chi connectivity index (χ4v) is 1.77. The van der Waals surface area contributed by atoms with E-state index in [1.807, 2.05) is 30.3 Å². The molecule has 0 saturated heterocycles. The van der Waals surface area contributed by atoms with Crippen molar-refractivity contribution in [3.63, 3.8) is 0 Å². The molecule has 5 nitrogen and oxygen atoms in total. The number of para-hydroxylation sites is 1. The Kier molecular flexibility index (Phi) is 5.48. The molecule has 0 saturated carbocycles. The molecule has 6 heteroatoms. The lowest BCUT2D eigenvalue weighted by Crippen LogP contribution is -2.41. The number of rotatable bonds is 5. The minimum atomic E-state index is -0.593. The summed E-state index contributed by atoms with van der Waals surface area (Å²) < 4.78 is 13.3. The van der Waals surface area contributed by atoms with Crippen LogP contribution in [0, 0.1) is 5.82 Å². The molecule has 0 heterocycles. The average molecular weight is 301 g/mol. The van der Waals surface area contributed by atoms with Gasteiger partial charge in [0.2, 0.25) is 5.91 Å². The molecular formula is C16H16FN3O2. The smallest absolute Gasteiger partial charge is 0.321 e. The van der Waals surface area contributed by atoms with Crippen LogP contribution in [0.25, 0.3) is 0 Å². The Morgan fingerprint density at radius 3 is 2.36 bits per heavy atom. The summed E-state index contributed by atoms with van der Waals surface area (Å²) in [6, 6.07) is 14.7. The normalized spacial score (nSPS) is 9.86. The summed E-state index contributed by atoms with van der Waals surface area (Å²) in [7, 11) is 0. The molecule has 0 fully saturated rings. The lowest BCUT2D eigenvalue weighted by Gasteiger charge is -2.09. The number of nitrogens with one attached hydrogen (secondary N) is 3. The molecule has 0 radical (unpaired) electrons. The van der Waals surface area contributed by atoms with E-state index in [-0.39, 0.29) is 12.2 Å². The predicted octanol–water partition coefficient (Wildman–Crippen LogP) is 2.26. The number of hydrogen-bond donors (Lipinski definition) is 3. The molecule has 0 aliphatic heterocycles.